The summed E-state index contributed by atoms with van der Waals surface area (Å²) in [6.45, 7) is 0. The summed E-state index contributed by atoms with van der Waals surface area (Å²) in [5.74, 6) is -1.44. The van der Waals surface area contributed by atoms with Crippen molar-refractivity contribution in [2.75, 3.05) is 0 Å². The number of nitrogens with zero attached hydrogens (tertiary/aromatic N) is 3. The number of halogens is 3. The lowest BCUT2D eigenvalue weighted by atomic mass is 9.99. The van der Waals surface area contributed by atoms with Gasteiger partial charge in [0, 0.05) is 17.7 Å². The fourth-order valence-electron chi connectivity index (χ4n) is 4.42. The van der Waals surface area contributed by atoms with Crippen molar-refractivity contribution in [2.45, 2.75) is 37.8 Å². The van der Waals surface area contributed by atoms with Crippen LogP contribution in [0.3, 0.4) is 0 Å². The van der Waals surface area contributed by atoms with Crippen LogP contribution in [0.2, 0.25) is 0 Å². The van der Waals surface area contributed by atoms with Gasteiger partial charge in [0.25, 0.3) is 6.43 Å². The van der Waals surface area contributed by atoms with Crippen molar-refractivity contribution in [1.82, 2.24) is 14.6 Å². The molecular formula is C19H16F3N3OS. The van der Waals surface area contributed by atoms with Crippen LogP contribution in [0.25, 0.3) is 16.8 Å². The summed E-state index contributed by atoms with van der Waals surface area (Å²) in [6, 6.07) is 5.32. The molecule has 0 amide bonds. The molecule has 3 heterocycles. The standard InChI is InChI=1S/C19H16F3N3OS/c20-17(21)16-14(10-9-23-25-8-4-2-6-12(10)25)24-18(27-16)15(26)13-11-5-1-3-7-19(11,13)22/h2,4,6,8-9,11,13,17H,1,3,5,7H2. The Morgan fingerprint density at radius 1 is 1.33 bits per heavy atom. The molecule has 2 aliphatic rings. The Balaban J connectivity index is 1.56. The van der Waals surface area contributed by atoms with Gasteiger partial charge in [0.1, 0.15) is 5.67 Å². The molecule has 0 radical (unpaired) electrons. The number of aromatic nitrogens is 3. The summed E-state index contributed by atoms with van der Waals surface area (Å²) in [4.78, 5) is 16.8. The number of alkyl halides is 3. The lowest BCUT2D eigenvalue weighted by Gasteiger charge is -2.12. The SMILES string of the molecule is O=C(c1nc(-c2cnn3ccccc23)c(C(F)F)s1)C1C2CCCCC21F. The molecule has 2 aliphatic carbocycles. The van der Waals surface area contributed by atoms with Crippen molar-refractivity contribution in [3.63, 3.8) is 0 Å². The lowest BCUT2D eigenvalue weighted by molar-refractivity contribution is 0.0932. The van der Waals surface area contributed by atoms with E-state index in [1.807, 2.05) is 0 Å². The van der Waals surface area contributed by atoms with E-state index in [0.717, 1.165) is 12.8 Å². The van der Waals surface area contributed by atoms with Gasteiger partial charge >= 0.3 is 0 Å². The molecule has 3 atom stereocenters. The Bertz CT molecular complexity index is 1050. The molecule has 3 unspecified atom stereocenters. The lowest BCUT2D eigenvalue weighted by Crippen LogP contribution is -2.13. The zero-order valence-electron chi connectivity index (χ0n) is 14.2. The van der Waals surface area contributed by atoms with E-state index in [1.165, 1.54) is 6.20 Å². The number of ketones is 1. The molecule has 0 N–H and O–H groups in total. The molecule has 0 saturated heterocycles. The van der Waals surface area contributed by atoms with Crippen LogP contribution in [0.15, 0.2) is 30.6 Å². The first-order chi connectivity index (χ1) is 13.0. The molecule has 2 fully saturated rings. The van der Waals surface area contributed by atoms with Crippen molar-refractivity contribution in [3.05, 3.63) is 40.5 Å². The number of carbonyl (C=O) groups is 1. The van der Waals surface area contributed by atoms with Crippen LogP contribution >= 0.6 is 11.3 Å². The second kappa shape index (κ2) is 5.89. The highest BCUT2D eigenvalue weighted by Crippen LogP contribution is 2.63. The van der Waals surface area contributed by atoms with Gasteiger partial charge < -0.3 is 0 Å². The van der Waals surface area contributed by atoms with E-state index < -0.39 is 23.8 Å². The molecular weight excluding hydrogens is 375 g/mol. The van der Waals surface area contributed by atoms with Crippen molar-refractivity contribution in [1.29, 1.82) is 0 Å². The smallest absolute Gasteiger partial charge is 0.275 e. The minimum Gasteiger partial charge on any atom is -0.291 e. The van der Waals surface area contributed by atoms with Crippen LogP contribution < -0.4 is 0 Å². The summed E-state index contributed by atoms with van der Waals surface area (Å²) in [5, 5.41) is 4.14. The van der Waals surface area contributed by atoms with E-state index in [1.54, 1.807) is 28.9 Å². The molecule has 2 saturated carbocycles. The maximum absolute atomic E-state index is 14.9. The monoisotopic (exact) mass is 391 g/mol. The minimum atomic E-state index is -2.77. The Hall–Kier alpha value is -2.22. The van der Waals surface area contributed by atoms with Crippen LogP contribution in [0.5, 0.6) is 0 Å². The van der Waals surface area contributed by atoms with E-state index in [4.69, 9.17) is 0 Å². The predicted octanol–water partition coefficient (Wildman–Crippen LogP) is 5.11. The van der Waals surface area contributed by atoms with Crippen molar-refractivity contribution in [3.8, 4) is 11.3 Å². The third-order valence-electron chi connectivity index (χ3n) is 5.78. The molecule has 0 aliphatic heterocycles. The van der Waals surface area contributed by atoms with Crippen LogP contribution in [0.4, 0.5) is 13.2 Å². The largest absolute Gasteiger partial charge is 0.291 e. The van der Waals surface area contributed by atoms with Crippen LogP contribution in [-0.4, -0.2) is 26.1 Å². The Labute approximate surface area is 157 Å². The van der Waals surface area contributed by atoms with Crippen molar-refractivity contribution < 1.29 is 18.0 Å². The second-order valence-corrected chi connectivity index (χ2v) is 8.27. The van der Waals surface area contributed by atoms with Gasteiger partial charge in [-0.05, 0) is 25.0 Å². The number of hydrogen-bond donors (Lipinski definition) is 0. The Morgan fingerprint density at radius 3 is 2.93 bits per heavy atom. The molecule has 8 heteroatoms. The Kier molecular flexibility index (Phi) is 3.69. The predicted molar refractivity (Wildman–Crippen MR) is 94.9 cm³/mol. The summed E-state index contributed by atoms with van der Waals surface area (Å²) in [5.41, 5.74) is -0.317. The number of rotatable bonds is 4. The maximum Gasteiger partial charge on any atom is 0.275 e. The molecule has 0 spiro atoms. The fraction of sp³-hybridized carbons (Fsp3) is 0.421. The zero-order valence-corrected chi connectivity index (χ0v) is 15.1. The molecule has 4 nitrogen and oxygen atoms in total. The van der Waals surface area contributed by atoms with Crippen LogP contribution in [0.1, 0.15) is 46.8 Å². The topological polar surface area (TPSA) is 47.3 Å². The first-order valence-corrected chi connectivity index (χ1v) is 9.77. The van der Waals surface area contributed by atoms with Gasteiger partial charge in [-0.2, -0.15) is 5.10 Å². The quantitative estimate of drug-likeness (QED) is 0.581. The first-order valence-electron chi connectivity index (χ1n) is 8.95. The number of hydrogen-bond acceptors (Lipinski definition) is 4. The second-order valence-electron chi connectivity index (χ2n) is 7.24. The summed E-state index contributed by atoms with van der Waals surface area (Å²) in [6.07, 6.45) is 3.15. The van der Waals surface area contributed by atoms with Crippen molar-refractivity contribution in [2.24, 2.45) is 11.8 Å². The van der Waals surface area contributed by atoms with Gasteiger partial charge in [0.15, 0.2) is 10.8 Å². The van der Waals surface area contributed by atoms with E-state index in [9.17, 15) is 18.0 Å². The highest BCUT2D eigenvalue weighted by molar-refractivity contribution is 7.14. The number of carbonyl (C=O) groups excluding carboxylic acids is 1. The van der Waals surface area contributed by atoms with Gasteiger partial charge in [-0.1, -0.05) is 18.9 Å². The fourth-order valence-corrected chi connectivity index (χ4v) is 5.33. The normalized spacial score (nSPS) is 27.1. The third kappa shape index (κ3) is 2.46. The number of pyridine rings is 1. The molecule has 3 aromatic heterocycles. The summed E-state index contributed by atoms with van der Waals surface area (Å²) in [7, 11) is 0. The Morgan fingerprint density at radius 2 is 2.19 bits per heavy atom. The highest BCUT2D eigenvalue weighted by atomic mass is 32.1. The zero-order chi connectivity index (χ0) is 18.8. The third-order valence-corrected chi connectivity index (χ3v) is 6.86. The molecule has 3 aromatic rings. The van der Waals surface area contributed by atoms with E-state index in [-0.39, 0.29) is 21.5 Å². The van der Waals surface area contributed by atoms with Crippen LogP contribution in [-0.2, 0) is 0 Å². The molecule has 5 rings (SSSR count). The van der Waals surface area contributed by atoms with E-state index in [0.29, 0.717) is 35.3 Å². The van der Waals surface area contributed by atoms with Gasteiger partial charge in [-0.15, -0.1) is 11.3 Å². The average Bonchev–Trinajstić information content (AvgIpc) is 2.99. The molecule has 140 valence electrons. The highest BCUT2D eigenvalue weighted by Gasteiger charge is 2.69. The van der Waals surface area contributed by atoms with E-state index >= 15 is 0 Å². The summed E-state index contributed by atoms with van der Waals surface area (Å²) >= 11 is 0.681. The maximum atomic E-state index is 14.9. The number of thiazole rings is 1. The summed E-state index contributed by atoms with van der Waals surface area (Å²) < 4.78 is 43.7. The van der Waals surface area contributed by atoms with Gasteiger partial charge in [0.05, 0.1) is 28.2 Å². The number of Topliss-reactive ketones (excluding diaryl/α,β-unsaturated/α-hetero) is 1. The molecule has 0 aromatic carbocycles. The molecule has 0 bridgehead atoms. The van der Waals surface area contributed by atoms with Gasteiger partial charge in [0.2, 0.25) is 0 Å². The first kappa shape index (κ1) is 16.9. The average molecular weight is 391 g/mol. The van der Waals surface area contributed by atoms with E-state index in [2.05, 4.69) is 10.1 Å². The van der Waals surface area contributed by atoms with Crippen LogP contribution in [0, 0.1) is 11.8 Å². The van der Waals surface area contributed by atoms with Gasteiger partial charge in [-0.3, -0.25) is 4.79 Å². The number of fused-ring (bicyclic) bond motifs is 2. The molecule has 27 heavy (non-hydrogen) atoms. The van der Waals surface area contributed by atoms with Crippen molar-refractivity contribution >= 4 is 22.6 Å². The minimum absolute atomic E-state index is 0.0213. The van der Waals surface area contributed by atoms with Gasteiger partial charge in [-0.25, -0.2) is 22.7 Å².